The molecule has 0 spiro atoms. The number of pyridine rings is 1. The van der Waals surface area contributed by atoms with E-state index in [1.54, 1.807) is 10.9 Å². The molecule has 2 rings (SSSR count). The van der Waals surface area contributed by atoms with E-state index >= 15 is 0 Å². The van der Waals surface area contributed by atoms with Crippen LogP contribution in [0, 0.1) is 0 Å². The van der Waals surface area contributed by atoms with Gasteiger partial charge in [-0.25, -0.2) is 4.98 Å². The third-order valence-corrected chi connectivity index (χ3v) is 2.52. The number of aryl methyl sites for hydroxylation is 1. The van der Waals surface area contributed by atoms with Crippen molar-refractivity contribution in [2.45, 2.75) is 13.3 Å². The van der Waals surface area contributed by atoms with E-state index in [1.807, 2.05) is 25.5 Å². The molecule has 3 N–H and O–H groups in total. The second-order valence-electron chi connectivity index (χ2n) is 3.99. The van der Waals surface area contributed by atoms with Gasteiger partial charge in [0.1, 0.15) is 5.82 Å². The van der Waals surface area contributed by atoms with Crippen LogP contribution in [0.1, 0.15) is 13.3 Å². The molecule has 0 aliphatic heterocycles. The number of nitrogen functional groups attached to an aromatic ring is 1. The molecule has 0 bridgehead atoms. The Morgan fingerprint density at radius 2 is 2.18 bits per heavy atom. The fourth-order valence-corrected chi connectivity index (χ4v) is 1.60. The molecule has 0 aromatic carbocycles. The van der Waals surface area contributed by atoms with Gasteiger partial charge in [0, 0.05) is 37.1 Å². The summed E-state index contributed by atoms with van der Waals surface area (Å²) in [4.78, 5) is 4.20. The molecule has 0 amide bonds. The van der Waals surface area contributed by atoms with Crippen molar-refractivity contribution >= 4 is 11.5 Å². The summed E-state index contributed by atoms with van der Waals surface area (Å²) >= 11 is 0. The lowest BCUT2D eigenvalue weighted by Gasteiger charge is -2.08. The van der Waals surface area contributed by atoms with E-state index in [-0.39, 0.29) is 0 Å². The zero-order chi connectivity index (χ0) is 12.3. The Hall–Kier alpha value is -2.04. The highest BCUT2D eigenvalue weighted by Crippen LogP contribution is 2.24. The van der Waals surface area contributed by atoms with Gasteiger partial charge >= 0.3 is 0 Å². The quantitative estimate of drug-likeness (QED) is 0.843. The van der Waals surface area contributed by atoms with Crippen LogP contribution in [0.3, 0.4) is 0 Å². The third kappa shape index (κ3) is 2.55. The van der Waals surface area contributed by atoms with Crippen LogP contribution >= 0.6 is 0 Å². The highest BCUT2D eigenvalue weighted by atomic mass is 15.2. The Labute approximate surface area is 101 Å². The highest BCUT2D eigenvalue weighted by molar-refractivity contribution is 5.72. The Morgan fingerprint density at radius 3 is 2.82 bits per heavy atom. The standard InChI is InChI=1S/C12H17N5/c1-3-4-14-11-5-9(6-15-12(11)13)10-7-16-17(2)8-10/h5-8,14H,3-4H2,1-2H3,(H2,13,15). The first-order valence-corrected chi connectivity index (χ1v) is 5.69. The fraction of sp³-hybridized carbons (Fsp3) is 0.333. The lowest BCUT2D eigenvalue weighted by molar-refractivity contribution is 0.768. The number of anilines is 2. The second-order valence-corrected chi connectivity index (χ2v) is 3.99. The molecule has 0 aliphatic carbocycles. The van der Waals surface area contributed by atoms with Crippen LogP contribution in [0.15, 0.2) is 24.7 Å². The van der Waals surface area contributed by atoms with Gasteiger partial charge in [-0.1, -0.05) is 6.92 Å². The summed E-state index contributed by atoms with van der Waals surface area (Å²) < 4.78 is 1.77. The number of aromatic nitrogens is 3. The minimum absolute atomic E-state index is 0.533. The SMILES string of the molecule is CCCNc1cc(-c2cnn(C)c2)cnc1N. The molecule has 0 saturated carbocycles. The van der Waals surface area contributed by atoms with E-state index < -0.39 is 0 Å². The van der Waals surface area contributed by atoms with Crippen molar-refractivity contribution in [3.63, 3.8) is 0 Å². The third-order valence-electron chi connectivity index (χ3n) is 2.52. The van der Waals surface area contributed by atoms with Gasteiger partial charge in [-0.05, 0) is 12.5 Å². The van der Waals surface area contributed by atoms with Crippen molar-refractivity contribution in [3.8, 4) is 11.1 Å². The van der Waals surface area contributed by atoms with E-state index in [9.17, 15) is 0 Å². The Balaban J connectivity index is 2.30. The van der Waals surface area contributed by atoms with Crippen LogP contribution in [0.25, 0.3) is 11.1 Å². The second kappa shape index (κ2) is 4.86. The van der Waals surface area contributed by atoms with Crippen molar-refractivity contribution < 1.29 is 0 Å². The molecular formula is C12H17N5. The maximum atomic E-state index is 5.82. The average Bonchev–Trinajstić information content (AvgIpc) is 2.75. The van der Waals surface area contributed by atoms with Crippen LogP contribution < -0.4 is 11.1 Å². The Morgan fingerprint density at radius 1 is 1.35 bits per heavy atom. The summed E-state index contributed by atoms with van der Waals surface area (Å²) in [6.45, 7) is 3.00. The van der Waals surface area contributed by atoms with E-state index in [0.717, 1.165) is 29.8 Å². The molecule has 5 heteroatoms. The van der Waals surface area contributed by atoms with Crippen LogP contribution in [0.5, 0.6) is 0 Å². The maximum absolute atomic E-state index is 5.82. The first-order valence-electron chi connectivity index (χ1n) is 5.69. The molecule has 0 atom stereocenters. The smallest absolute Gasteiger partial charge is 0.146 e. The lowest BCUT2D eigenvalue weighted by atomic mass is 10.1. The monoisotopic (exact) mass is 231 g/mol. The minimum atomic E-state index is 0.533. The summed E-state index contributed by atoms with van der Waals surface area (Å²) in [5.74, 6) is 0.533. The molecule has 2 aromatic heterocycles. The molecule has 0 radical (unpaired) electrons. The summed E-state index contributed by atoms with van der Waals surface area (Å²) in [7, 11) is 1.89. The summed E-state index contributed by atoms with van der Waals surface area (Å²) in [5, 5.41) is 7.41. The van der Waals surface area contributed by atoms with Gasteiger partial charge in [-0.3, -0.25) is 4.68 Å². The normalized spacial score (nSPS) is 10.5. The van der Waals surface area contributed by atoms with Crippen LogP contribution in [0.2, 0.25) is 0 Å². The van der Waals surface area contributed by atoms with Crippen molar-refractivity contribution in [3.05, 3.63) is 24.7 Å². The number of hydrogen-bond donors (Lipinski definition) is 2. The molecule has 0 saturated heterocycles. The number of hydrogen-bond acceptors (Lipinski definition) is 4. The molecule has 0 fully saturated rings. The molecule has 90 valence electrons. The summed E-state index contributed by atoms with van der Waals surface area (Å²) in [6, 6.07) is 2.01. The summed E-state index contributed by atoms with van der Waals surface area (Å²) in [5.41, 5.74) is 8.76. The zero-order valence-corrected chi connectivity index (χ0v) is 10.1. The van der Waals surface area contributed by atoms with Crippen LogP contribution in [0.4, 0.5) is 11.5 Å². The van der Waals surface area contributed by atoms with Crippen LogP contribution in [-0.2, 0) is 7.05 Å². The molecule has 5 nitrogen and oxygen atoms in total. The van der Waals surface area contributed by atoms with Crippen molar-refractivity contribution in [2.24, 2.45) is 7.05 Å². The number of nitrogens with two attached hydrogens (primary N) is 1. The molecule has 2 heterocycles. The maximum Gasteiger partial charge on any atom is 0.146 e. The molecule has 2 aromatic rings. The van der Waals surface area contributed by atoms with E-state index in [1.165, 1.54) is 0 Å². The van der Waals surface area contributed by atoms with Gasteiger partial charge in [0.25, 0.3) is 0 Å². The lowest BCUT2D eigenvalue weighted by Crippen LogP contribution is -2.04. The number of rotatable bonds is 4. The van der Waals surface area contributed by atoms with E-state index in [2.05, 4.69) is 22.3 Å². The minimum Gasteiger partial charge on any atom is -0.382 e. The van der Waals surface area contributed by atoms with Gasteiger partial charge in [0.2, 0.25) is 0 Å². The summed E-state index contributed by atoms with van der Waals surface area (Å²) in [6.07, 6.45) is 6.59. The molecular weight excluding hydrogens is 214 g/mol. The zero-order valence-electron chi connectivity index (χ0n) is 10.1. The molecule has 17 heavy (non-hydrogen) atoms. The van der Waals surface area contributed by atoms with Crippen molar-refractivity contribution in [1.29, 1.82) is 0 Å². The van der Waals surface area contributed by atoms with Crippen molar-refractivity contribution in [1.82, 2.24) is 14.8 Å². The van der Waals surface area contributed by atoms with E-state index in [0.29, 0.717) is 5.82 Å². The average molecular weight is 231 g/mol. The Bertz CT molecular complexity index is 503. The number of nitrogens with one attached hydrogen (secondary N) is 1. The topological polar surface area (TPSA) is 68.8 Å². The number of nitrogens with zero attached hydrogens (tertiary/aromatic N) is 3. The van der Waals surface area contributed by atoms with E-state index in [4.69, 9.17) is 5.73 Å². The van der Waals surface area contributed by atoms with Gasteiger partial charge in [0.05, 0.1) is 11.9 Å². The first kappa shape index (κ1) is 11.4. The highest BCUT2D eigenvalue weighted by Gasteiger charge is 2.05. The predicted octanol–water partition coefficient (Wildman–Crippen LogP) is 1.89. The molecule has 0 unspecified atom stereocenters. The van der Waals surface area contributed by atoms with Crippen LogP contribution in [-0.4, -0.2) is 21.3 Å². The fourth-order valence-electron chi connectivity index (χ4n) is 1.60. The van der Waals surface area contributed by atoms with Gasteiger partial charge in [-0.15, -0.1) is 0 Å². The van der Waals surface area contributed by atoms with Gasteiger partial charge in [0.15, 0.2) is 0 Å². The predicted molar refractivity (Wildman–Crippen MR) is 69.6 cm³/mol. The largest absolute Gasteiger partial charge is 0.382 e. The Kier molecular flexibility index (Phi) is 3.27. The van der Waals surface area contributed by atoms with Gasteiger partial charge < -0.3 is 11.1 Å². The van der Waals surface area contributed by atoms with Crippen molar-refractivity contribution in [2.75, 3.05) is 17.6 Å². The first-order chi connectivity index (χ1) is 8.20. The molecule has 0 aliphatic rings. The van der Waals surface area contributed by atoms with Gasteiger partial charge in [-0.2, -0.15) is 5.10 Å².